The Morgan fingerprint density at radius 3 is 3.08 bits per heavy atom. The highest BCUT2D eigenvalue weighted by Gasteiger charge is 2.16. The number of aryl methyl sites for hydroxylation is 1. The Hall–Kier alpha value is -0.610. The molecule has 4 heteroatoms. The van der Waals surface area contributed by atoms with Gasteiger partial charge >= 0.3 is 0 Å². The van der Waals surface area contributed by atoms with Crippen molar-refractivity contribution >= 4 is 16.5 Å². The lowest BCUT2D eigenvalue weighted by atomic mass is 10.0. The fourth-order valence-corrected chi connectivity index (χ4v) is 2.08. The van der Waals surface area contributed by atoms with Crippen molar-refractivity contribution in [2.24, 2.45) is 5.92 Å². The van der Waals surface area contributed by atoms with Crippen LogP contribution >= 0.6 is 11.3 Å². The van der Waals surface area contributed by atoms with Crippen molar-refractivity contribution in [3.05, 3.63) is 11.1 Å². The van der Waals surface area contributed by atoms with Gasteiger partial charge in [0, 0.05) is 30.9 Å². The van der Waals surface area contributed by atoms with Gasteiger partial charge in [-0.25, -0.2) is 4.98 Å². The van der Waals surface area contributed by atoms with Crippen molar-refractivity contribution in [1.82, 2.24) is 10.3 Å². The standard InChI is InChI=1S/C9H15N3S/c1-2-8-6-13-9(12-8)11-5-7-3-10-4-7/h6-7,10H,2-5H2,1H3,(H,11,12). The molecule has 13 heavy (non-hydrogen) atoms. The Morgan fingerprint density at radius 2 is 2.54 bits per heavy atom. The fraction of sp³-hybridized carbons (Fsp3) is 0.667. The Balaban J connectivity index is 1.79. The molecule has 0 aromatic carbocycles. The molecule has 1 saturated heterocycles. The molecule has 72 valence electrons. The molecule has 0 spiro atoms. The number of thiazole rings is 1. The van der Waals surface area contributed by atoms with Gasteiger partial charge in [-0.05, 0) is 6.42 Å². The summed E-state index contributed by atoms with van der Waals surface area (Å²) in [6, 6.07) is 0. The minimum Gasteiger partial charge on any atom is -0.361 e. The lowest BCUT2D eigenvalue weighted by molar-refractivity contribution is 0.365. The minimum atomic E-state index is 0.800. The molecule has 2 N–H and O–H groups in total. The lowest BCUT2D eigenvalue weighted by Gasteiger charge is -2.26. The maximum absolute atomic E-state index is 4.45. The average Bonchev–Trinajstić information content (AvgIpc) is 2.49. The molecular formula is C9H15N3S. The Labute approximate surface area is 82.6 Å². The summed E-state index contributed by atoms with van der Waals surface area (Å²) in [7, 11) is 0. The topological polar surface area (TPSA) is 37.0 Å². The summed E-state index contributed by atoms with van der Waals surface area (Å²) in [4.78, 5) is 4.45. The maximum Gasteiger partial charge on any atom is 0.182 e. The molecule has 0 bridgehead atoms. The predicted octanol–water partition coefficient (Wildman–Crippen LogP) is 1.34. The maximum atomic E-state index is 4.45. The third-order valence-electron chi connectivity index (χ3n) is 2.32. The van der Waals surface area contributed by atoms with Gasteiger partial charge in [-0.3, -0.25) is 0 Å². The van der Waals surface area contributed by atoms with Crippen LogP contribution in [-0.2, 0) is 6.42 Å². The van der Waals surface area contributed by atoms with Crippen molar-refractivity contribution < 1.29 is 0 Å². The first-order valence-corrected chi connectivity index (χ1v) is 5.65. The van der Waals surface area contributed by atoms with Crippen LogP contribution in [0.2, 0.25) is 0 Å². The van der Waals surface area contributed by atoms with Gasteiger partial charge < -0.3 is 10.6 Å². The Bertz CT molecular complexity index is 268. The molecular weight excluding hydrogens is 182 g/mol. The number of hydrogen-bond acceptors (Lipinski definition) is 4. The summed E-state index contributed by atoms with van der Waals surface area (Å²) in [5.74, 6) is 0.800. The first-order chi connectivity index (χ1) is 6.38. The molecule has 2 rings (SSSR count). The van der Waals surface area contributed by atoms with Gasteiger partial charge in [0.1, 0.15) is 0 Å². The highest BCUT2D eigenvalue weighted by atomic mass is 32.1. The van der Waals surface area contributed by atoms with Gasteiger partial charge in [-0.15, -0.1) is 11.3 Å². The summed E-state index contributed by atoms with van der Waals surface area (Å²) in [6.07, 6.45) is 1.03. The molecule has 3 nitrogen and oxygen atoms in total. The second-order valence-electron chi connectivity index (χ2n) is 3.40. The Kier molecular flexibility index (Phi) is 2.80. The number of nitrogens with one attached hydrogen (secondary N) is 2. The summed E-state index contributed by atoms with van der Waals surface area (Å²) < 4.78 is 0. The van der Waals surface area contributed by atoms with Gasteiger partial charge in [-0.1, -0.05) is 6.92 Å². The minimum absolute atomic E-state index is 0.800. The van der Waals surface area contributed by atoms with Crippen molar-refractivity contribution in [2.45, 2.75) is 13.3 Å². The molecule has 0 radical (unpaired) electrons. The number of nitrogens with zero attached hydrogens (tertiary/aromatic N) is 1. The molecule has 2 heterocycles. The SMILES string of the molecule is CCc1csc(NCC2CNC2)n1. The van der Waals surface area contributed by atoms with Crippen LogP contribution in [0.25, 0.3) is 0 Å². The molecule has 0 aliphatic carbocycles. The van der Waals surface area contributed by atoms with Crippen LogP contribution in [0.3, 0.4) is 0 Å². The van der Waals surface area contributed by atoms with Gasteiger partial charge in [0.25, 0.3) is 0 Å². The summed E-state index contributed by atoms with van der Waals surface area (Å²) in [5, 5.41) is 9.82. The van der Waals surface area contributed by atoms with Crippen LogP contribution in [-0.4, -0.2) is 24.6 Å². The zero-order chi connectivity index (χ0) is 9.10. The second-order valence-corrected chi connectivity index (χ2v) is 4.26. The van der Waals surface area contributed by atoms with Crippen LogP contribution < -0.4 is 10.6 Å². The van der Waals surface area contributed by atoms with Gasteiger partial charge in [0.15, 0.2) is 5.13 Å². The zero-order valence-electron chi connectivity index (χ0n) is 7.84. The van der Waals surface area contributed by atoms with Crippen LogP contribution in [0.1, 0.15) is 12.6 Å². The van der Waals surface area contributed by atoms with Gasteiger partial charge in [-0.2, -0.15) is 0 Å². The second kappa shape index (κ2) is 4.07. The van der Waals surface area contributed by atoms with E-state index in [1.54, 1.807) is 11.3 Å². The number of anilines is 1. The number of rotatable bonds is 4. The monoisotopic (exact) mass is 197 g/mol. The Morgan fingerprint density at radius 1 is 1.69 bits per heavy atom. The molecule has 1 aromatic heterocycles. The highest BCUT2D eigenvalue weighted by molar-refractivity contribution is 7.13. The number of hydrogen-bond donors (Lipinski definition) is 2. The molecule has 1 aliphatic rings. The van der Waals surface area contributed by atoms with Crippen molar-refractivity contribution in [1.29, 1.82) is 0 Å². The van der Waals surface area contributed by atoms with E-state index in [4.69, 9.17) is 0 Å². The van der Waals surface area contributed by atoms with E-state index in [2.05, 4.69) is 27.9 Å². The molecule has 0 atom stereocenters. The van der Waals surface area contributed by atoms with E-state index in [0.29, 0.717) is 0 Å². The van der Waals surface area contributed by atoms with E-state index in [-0.39, 0.29) is 0 Å². The smallest absolute Gasteiger partial charge is 0.182 e. The normalized spacial score (nSPS) is 17.0. The molecule has 1 aromatic rings. The quantitative estimate of drug-likeness (QED) is 0.765. The van der Waals surface area contributed by atoms with E-state index >= 15 is 0 Å². The first kappa shape index (κ1) is 8.97. The van der Waals surface area contributed by atoms with Crippen LogP contribution in [0.15, 0.2) is 5.38 Å². The van der Waals surface area contributed by atoms with Crippen molar-refractivity contribution in [3.63, 3.8) is 0 Å². The fourth-order valence-electron chi connectivity index (χ4n) is 1.28. The third kappa shape index (κ3) is 2.19. The molecule has 0 amide bonds. The number of aromatic nitrogens is 1. The van der Waals surface area contributed by atoms with E-state index in [1.165, 1.54) is 5.69 Å². The summed E-state index contributed by atoms with van der Waals surface area (Å²) >= 11 is 1.71. The zero-order valence-corrected chi connectivity index (χ0v) is 8.66. The summed E-state index contributed by atoms with van der Waals surface area (Å²) in [6.45, 7) is 5.50. The van der Waals surface area contributed by atoms with E-state index in [1.807, 2.05) is 0 Å². The van der Waals surface area contributed by atoms with Crippen LogP contribution in [0, 0.1) is 5.92 Å². The third-order valence-corrected chi connectivity index (χ3v) is 3.17. The summed E-state index contributed by atoms with van der Waals surface area (Å²) in [5.41, 5.74) is 1.19. The van der Waals surface area contributed by atoms with E-state index < -0.39 is 0 Å². The highest BCUT2D eigenvalue weighted by Crippen LogP contribution is 2.16. The van der Waals surface area contributed by atoms with Crippen molar-refractivity contribution in [2.75, 3.05) is 25.0 Å². The van der Waals surface area contributed by atoms with Crippen LogP contribution in [0.4, 0.5) is 5.13 Å². The van der Waals surface area contributed by atoms with Crippen LogP contribution in [0.5, 0.6) is 0 Å². The van der Waals surface area contributed by atoms with Gasteiger partial charge in [0.05, 0.1) is 5.69 Å². The molecule has 0 unspecified atom stereocenters. The predicted molar refractivity (Wildman–Crippen MR) is 56.3 cm³/mol. The van der Waals surface area contributed by atoms with E-state index in [0.717, 1.165) is 37.1 Å². The largest absolute Gasteiger partial charge is 0.361 e. The van der Waals surface area contributed by atoms with E-state index in [9.17, 15) is 0 Å². The molecule has 1 aliphatic heterocycles. The van der Waals surface area contributed by atoms with Gasteiger partial charge in [0.2, 0.25) is 0 Å². The molecule has 0 saturated carbocycles. The first-order valence-electron chi connectivity index (χ1n) is 4.77. The van der Waals surface area contributed by atoms with Crippen molar-refractivity contribution in [3.8, 4) is 0 Å². The average molecular weight is 197 g/mol. The lowest BCUT2D eigenvalue weighted by Crippen LogP contribution is -2.45. The molecule has 1 fully saturated rings.